The maximum atomic E-state index is 12.6. The second-order valence-corrected chi connectivity index (χ2v) is 7.93. The van der Waals surface area contributed by atoms with Crippen LogP contribution < -0.4 is 14.8 Å². The first kappa shape index (κ1) is 20.7. The molecule has 1 aromatic carbocycles. The molecule has 1 aromatic heterocycles. The molecule has 0 aliphatic carbocycles. The molecule has 27 heavy (non-hydrogen) atoms. The number of likely N-dealkylation sites (N-methyl/N-ethyl adjacent to an activating group) is 1. The molecule has 0 unspecified atom stereocenters. The van der Waals surface area contributed by atoms with Crippen LogP contribution in [0.15, 0.2) is 23.6 Å². The summed E-state index contributed by atoms with van der Waals surface area (Å²) in [5.41, 5.74) is 0.781. The molecule has 7 nitrogen and oxygen atoms in total. The van der Waals surface area contributed by atoms with E-state index in [1.807, 2.05) is 32.9 Å². The zero-order chi connectivity index (χ0) is 20.2. The molecule has 0 radical (unpaired) electrons. The highest BCUT2D eigenvalue weighted by atomic mass is 32.1. The van der Waals surface area contributed by atoms with Crippen LogP contribution in [0.2, 0.25) is 0 Å². The van der Waals surface area contributed by atoms with Gasteiger partial charge >= 0.3 is 0 Å². The second kappa shape index (κ2) is 8.39. The predicted molar refractivity (Wildman–Crippen MR) is 106 cm³/mol. The Bertz CT molecular complexity index is 827. The summed E-state index contributed by atoms with van der Waals surface area (Å²) in [4.78, 5) is 30.3. The van der Waals surface area contributed by atoms with Crippen LogP contribution in [0.25, 0.3) is 10.6 Å². The van der Waals surface area contributed by atoms with Gasteiger partial charge in [-0.1, -0.05) is 0 Å². The lowest BCUT2D eigenvalue weighted by atomic mass is 10.1. The molecular formula is C19H25N3O4S. The van der Waals surface area contributed by atoms with E-state index >= 15 is 0 Å². The molecule has 1 N–H and O–H groups in total. The standard InChI is InChI=1S/C19H25N3O4S/c1-19(2,3)21-16(23)10-22(4)18(24)13-11-27-17(20-13)12-7-8-14(25-5)15(9-12)26-6/h7-9,11H,10H2,1-6H3,(H,21,23). The molecule has 1 heterocycles. The zero-order valence-electron chi connectivity index (χ0n) is 16.5. The molecular weight excluding hydrogens is 366 g/mol. The Balaban J connectivity index is 2.12. The summed E-state index contributed by atoms with van der Waals surface area (Å²) in [5, 5.41) is 5.21. The van der Waals surface area contributed by atoms with Gasteiger partial charge in [-0.05, 0) is 39.0 Å². The van der Waals surface area contributed by atoms with Crippen molar-refractivity contribution in [3.05, 3.63) is 29.3 Å². The number of carbonyl (C=O) groups is 2. The molecule has 2 rings (SSSR count). The van der Waals surface area contributed by atoms with Gasteiger partial charge in [-0.3, -0.25) is 9.59 Å². The summed E-state index contributed by atoms with van der Waals surface area (Å²) in [5.74, 6) is 0.698. The number of hydrogen-bond acceptors (Lipinski definition) is 6. The van der Waals surface area contributed by atoms with Crippen LogP contribution >= 0.6 is 11.3 Å². The van der Waals surface area contributed by atoms with E-state index in [1.165, 1.54) is 16.2 Å². The van der Waals surface area contributed by atoms with Crippen molar-refractivity contribution in [3.8, 4) is 22.1 Å². The van der Waals surface area contributed by atoms with Gasteiger partial charge < -0.3 is 19.7 Å². The SMILES string of the molecule is COc1ccc(-c2nc(C(=O)N(C)CC(=O)NC(C)(C)C)cs2)cc1OC. The number of rotatable bonds is 6. The Labute approximate surface area is 163 Å². The Morgan fingerprint density at radius 2 is 1.85 bits per heavy atom. The van der Waals surface area contributed by atoms with E-state index in [0.717, 1.165) is 5.56 Å². The molecule has 2 aromatic rings. The van der Waals surface area contributed by atoms with Crippen molar-refractivity contribution in [2.75, 3.05) is 27.8 Å². The highest BCUT2D eigenvalue weighted by Crippen LogP contribution is 2.33. The van der Waals surface area contributed by atoms with E-state index in [4.69, 9.17) is 9.47 Å². The Kier molecular flexibility index (Phi) is 6.43. The molecule has 0 fully saturated rings. The minimum Gasteiger partial charge on any atom is -0.493 e. The van der Waals surface area contributed by atoms with Crippen LogP contribution in [-0.2, 0) is 4.79 Å². The Morgan fingerprint density at radius 3 is 2.44 bits per heavy atom. The van der Waals surface area contributed by atoms with Crippen LogP contribution in [0.4, 0.5) is 0 Å². The number of aromatic nitrogens is 1. The molecule has 0 saturated carbocycles. The van der Waals surface area contributed by atoms with E-state index in [9.17, 15) is 9.59 Å². The normalized spacial score (nSPS) is 11.0. The summed E-state index contributed by atoms with van der Waals surface area (Å²) in [6.07, 6.45) is 0. The van der Waals surface area contributed by atoms with Gasteiger partial charge in [-0.15, -0.1) is 11.3 Å². The predicted octanol–water partition coefficient (Wildman–Crippen LogP) is 2.81. The van der Waals surface area contributed by atoms with Crippen LogP contribution in [0.1, 0.15) is 31.3 Å². The van der Waals surface area contributed by atoms with Gasteiger partial charge in [0.15, 0.2) is 11.5 Å². The number of amides is 2. The van der Waals surface area contributed by atoms with Crippen molar-refractivity contribution in [1.29, 1.82) is 0 Å². The molecule has 146 valence electrons. The fraction of sp³-hybridized carbons (Fsp3) is 0.421. The van der Waals surface area contributed by atoms with Crippen LogP contribution in [-0.4, -0.2) is 55.0 Å². The third-order valence-corrected chi connectivity index (χ3v) is 4.49. The average Bonchev–Trinajstić information content (AvgIpc) is 3.08. The highest BCUT2D eigenvalue weighted by Gasteiger charge is 2.21. The topological polar surface area (TPSA) is 80.8 Å². The zero-order valence-corrected chi connectivity index (χ0v) is 17.3. The Morgan fingerprint density at radius 1 is 1.19 bits per heavy atom. The van der Waals surface area contributed by atoms with Crippen LogP contribution in [0.5, 0.6) is 11.5 Å². The van der Waals surface area contributed by atoms with Crippen molar-refractivity contribution < 1.29 is 19.1 Å². The van der Waals surface area contributed by atoms with Gasteiger partial charge in [-0.2, -0.15) is 0 Å². The molecule has 0 saturated heterocycles. The lowest BCUT2D eigenvalue weighted by Gasteiger charge is -2.23. The monoisotopic (exact) mass is 391 g/mol. The van der Waals surface area contributed by atoms with E-state index in [2.05, 4.69) is 10.3 Å². The second-order valence-electron chi connectivity index (χ2n) is 7.07. The molecule has 0 aliphatic rings. The largest absolute Gasteiger partial charge is 0.493 e. The van der Waals surface area contributed by atoms with Crippen molar-refractivity contribution in [2.24, 2.45) is 0 Å². The van der Waals surface area contributed by atoms with Gasteiger partial charge in [0.05, 0.1) is 20.8 Å². The number of benzene rings is 1. The number of nitrogens with one attached hydrogen (secondary N) is 1. The molecule has 8 heteroatoms. The van der Waals surface area contributed by atoms with Gasteiger partial charge in [0.2, 0.25) is 5.91 Å². The van der Waals surface area contributed by atoms with Crippen molar-refractivity contribution in [2.45, 2.75) is 26.3 Å². The summed E-state index contributed by atoms with van der Waals surface area (Å²) in [6, 6.07) is 5.46. The smallest absolute Gasteiger partial charge is 0.273 e. The highest BCUT2D eigenvalue weighted by molar-refractivity contribution is 7.13. The van der Waals surface area contributed by atoms with Gasteiger partial charge in [0.25, 0.3) is 5.91 Å². The number of methoxy groups -OCH3 is 2. The van der Waals surface area contributed by atoms with E-state index in [0.29, 0.717) is 22.2 Å². The third-order valence-electron chi connectivity index (χ3n) is 3.60. The number of hydrogen-bond donors (Lipinski definition) is 1. The number of nitrogens with zero attached hydrogens (tertiary/aromatic N) is 2. The minimum atomic E-state index is -0.345. The van der Waals surface area contributed by atoms with Crippen molar-refractivity contribution in [3.63, 3.8) is 0 Å². The molecule has 0 spiro atoms. The quantitative estimate of drug-likeness (QED) is 0.819. The number of carbonyl (C=O) groups excluding carboxylic acids is 2. The first-order valence-electron chi connectivity index (χ1n) is 8.39. The maximum Gasteiger partial charge on any atom is 0.273 e. The first-order valence-corrected chi connectivity index (χ1v) is 9.27. The summed E-state index contributed by atoms with van der Waals surface area (Å²) < 4.78 is 10.5. The summed E-state index contributed by atoms with van der Waals surface area (Å²) in [7, 11) is 4.72. The summed E-state index contributed by atoms with van der Waals surface area (Å²) >= 11 is 1.35. The van der Waals surface area contributed by atoms with Gasteiger partial charge in [-0.25, -0.2) is 4.98 Å². The van der Waals surface area contributed by atoms with Crippen molar-refractivity contribution >= 4 is 23.2 Å². The fourth-order valence-corrected chi connectivity index (χ4v) is 3.21. The third kappa shape index (κ3) is 5.43. The van der Waals surface area contributed by atoms with E-state index in [1.54, 1.807) is 32.7 Å². The van der Waals surface area contributed by atoms with Crippen LogP contribution in [0, 0.1) is 0 Å². The minimum absolute atomic E-state index is 0.0285. The lowest BCUT2D eigenvalue weighted by molar-refractivity contribution is -0.122. The van der Waals surface area contributed by atoms with Gasteiger partial charge in [0, 0.05) is 23.5 Å². The average molecular weight is 391 g/mol. The van der Waals surface area contributed by atoms with Crippen LogP contribution in [0.3, 0.4) is 0 Å². The first-order chi connectivity index (χ1) is 12.6. The fourth-order valence-electron chi connectivity index (χ4n) is 2.41. The van der Waals surface area contributed by atoms with E-state index in [-0.39, 0.29) is 23.9 Å². The Hall–Kier alpha value is -2.61. The van der Waals surface area contributed by atoms with Crippen molar-refractivity contribution in [1.82, 2.24) is 15.2 Å². The molecule has 0 aliphatic heterocycles. The number of thiazole rings is 1. The molecule has 2 amide bonds. The molecule has 0 bridgehead atoms. The number of ether oxygens (including phenoxy) is 2. The lowest BCUT2D eigenvalue weighted by Crippen LogP contribution is -2.46. The maximum absolute atomic E-state index is 12.6. The molecule has 0 atom stereocenters. The summed E-state index contributed by atoms with van der Waals surface area (Å²) in [6.45, 7) is 5.65. The van der Waals surface area contributed by atoms with Gasteiger partial charge in [0.1, 0.15) is 10.7 Å². The van der Waals surface area contributed by atoms with E-state index < -0.39 is 0 Å².